The minimum atomic E-state index is -0.800. The van der Waals surface area contributed by atoms with E-state index in [9.17, 15) is 9.59 Å². The third-order valence-electron chi connectivity index (χ3n) is 3.77. The van der Waals surface area contributed by atoms with Gasteiger partial charge < -0.3 is 15.2 Å². The van der Waals surface area contributed by atoms with Crippen molar-refractivity contribution in [2.75, 3.05) is 6.61 Å². The van der Waals surface area contributed by atoms with E-state index >= 15 is 0 Å². The van der Waals surface area contributed by atoms with Gasteiger partial charge in [0.05, 0.1) is 18.1 Å². The van der Waals surface area contributed by atoms with Gasteiger partial charge in [-0.1, -0.05) is 18.5 Å². The molecule has 0 aromatic heterocycles. The van der Waals surface area contributed by atoms with Gasteiger partial charge in [-0.2, -0.15) is 0 Å². The first-order valence-electron chi connectivity index (χ1n) is 7.47. The van der Waals surface area contributed by atoms with Gasteiger partial charge in [-0.25, -0.2) is 0 Å². The number of amides is 1. The normalized spacial score (nSPS) is 20.6. The smallest absolute Gasteiger partial charge is 0.306 e. The Morgan fingerprint density at radius 2 is 2.18 bits per heavy atom. The monoisotopic (exact) mass is 325 g/mol. The second-order valence-corrected chi connectivity index (χ2v) is 5.94. The molecule has 2 atom stereocenters. The Hall–Kier alpha value is -1.75. The van der Waals surface area contributed by atoms with Gasteiger partial charge in [0.1, 0.15) is 5.75 Å². The van der Waals surface area contributed by atoms with E-state index in [4.69, 9.17) is 21.4 Å². The zero-order valence-electron chi connectivity index (χ0n) is 12.5. The Morgan fingerprint density at radius 1 is 1.41 bits per heavy atom. The Labute approximate surface area is 134 Å². The van der Waals surface area contributed by atoms with Crippen LogP contribution in [0, 0.1) is 5.92 Å². The van der Waals surface area contributed by atoms with E-state index in [1.807, 2.05) is 6.92 Å². The molecule has 120 valence electrons. The summed E-state index contributed by atoms with van der Waals surface area (Å²) >= 11 is 5.96. The van der Waals surface area contributed by atoms with Crippen LogP contribution in [-0.2, 0) is 4.79 Å². The lowest BCUT2D eigenvalue weighted by molar-refractivity contribution is -0.141. The first-order valence-corrected chi connectivity index (χ1v) is 7.85. The highest BCUT2D eigenvalue weighted by atomic mass is 35.5. The minimum Gasteiger partial charge on any atom is -0.493 e. The van der Waals surface area contributed by atoms with Crippen LogP contribution in [0.4, 0.5) is 0 Å². The molecule has 0 radical (unpaired) electrons. The number of hydrogen-bond acceptors (Lipinski definition) is 3. The zero-order valence-corrected chi connectivity index (χ0v) is 13.2. The van der Waals surface area contributed by atoms with Gasteiger partial charge in [0, 0.05) is 11.1 Å². The van der Waals surface area contributed by atoms with Gasteiger partial charge >= 0.3 is 5.97 Å². The van der Waals surface area contributed by atoms with Crippen LogP contribution in [0.1, 0.15) is 43.0 Å². The predicted molar refractivity (Wildman–Crippen MR) is 83.5 cm³/mol. The molecular formula is C16H20ClNO4. The van der Waals surface area contributed by atoms with E-state index in [1.165, 1.54) is 0 Å². The van der Waals surface area contributed by atoms with Crippen LogP contribution in [0.2, 0.25) is 5.02 Å². The number of rotatable bonds is 6. The van der Waals surface area contributed by atoms with Gasteiger partial charge in [-0.15, -0.1) is 0 Å². The SMILES string of the molecule is CCCOc1ccc(Cl)cc1C(=O)N[C@@H]1CC[C@H](C(=O)O)C1. The van der Waals surface area contributed by atoms with Crippen LogP contribution >= 0.6 is 11.6 Å². The summed E-state index contributed by atoms with van der Waals surface area (Å²) in [4.78, 5) is 23.4. The second-order valence-electron chi connectivity index (χ2n) is 5.51. The van der Waals surface area contributed by atoms with Crippen molar-refractivity contribution in [3.8, 4) is 5.75 Å². The first-order chi connectivity index (χ1) is 10.5. The summed E-state index contributed by atoms with van der Waals surface area (Å²) in [7, 11) is 0. The van der Waals surface area contributed by atoms with E-state index in [1.54, 1.807) is 18.2 Å². The number of aliphatic carboxylic acids is 1. The molecule has 22 heavy (non-hydrogen) atoms. The van der Waals surface area contributed by atoms with Crippen molar-refractivity contribution in [2.24, 2.45) is 5.92 Å². The maximum absolute atomic E-state index is 12.4. The van der Waals surface area contributed by atoms with Crippen molar-refractivity contribution < 1.29 is 19.4 Å². The van der Waals surface area contributed by atoms with Gasteiger partial charge in [0.15, 0.2) is 0 Å². The molecule has 0 bridgehead atoms. The van der Waals surface area contributed by atoms with E-state index in [-0.39, 0.29) is 17.9 Å². The standard InChI is InChI=1S/C16H20ClNO4/c1-2-7-22-14-6-4-11(17)9-13(14)15(19)18-12-5-3-10(8-12)16(20)21/h4,6,9-10,12H,2-3,5,7-8H2,1H3,(H,18,19)(H,20,21)/t10-,12+/m0/s1. The molecule has 1 aromatic carbocycles. The lowest BCUT2D eigenvalue weighted by Gasteiger charge is -2.15. The Morgan fingerprint density at radius 3 is 2.82 bits per heavy atom. The third-order valence-corrected chi connectivity index (χ3v) is 4.00. The fourth-order valence-electron chi connectivity index (χ4n) is 2.62. The summed E-state index contributed by atoms with van der Waals surface area (Å²) in [6.45, 7) is 2.51. The van der Waals surface area contributed by atoms with Gasteiger partial charge in [0.2, 0.25) is 0 Å². The highest BCUT2D eigenvalue weighted by molar-refractivity contribution is 6.31. The maximum atomic E-state index is 12.4. The van der Waals surface area contributed by atoms with E-state index in [0.717, 1.165) is 6.42 Å². The summed E-state index contributed by atoms with van der Waals surface area (Å²) < 4.78 is 5.57. The number of halogens is 1. The molecule has 0 saturated heterocycles. The number of carboxylic acid groups (broad SMARTS) is 1. The maximum Gasteiger partial charge on any atom is 0.306 e. The number of carbonyl (C=O) groups excluding carboxylic acids is 1. The summed E-state index contributed by atoms with van der Waals surface area (Å²) in [6, 6.07) is 4.82. The van der Waals surface area contributed by atoms with Crippen LogP contribution in [0.15, 0.2) is 18.2 Å². The number of hydrogen-bond donors (Lipinski definition) is 2. The zero-order chi connectivity index (χ0) is 16.1. The minimum absolute atomic E-state index is 0.119. The molecule has 6 heteroatoms. The van der Waals surface area contributed by atoms with Crippen molar-refractivity contribution >= 4 is 23.5 Å². The molecule has 0 unspecified atom stereocenters. The number of carbonyl (C=O) groups is 2. The summed E-state index contributed by atoms with van der Waals surface area (Å²) in [5.74, 6) is -0.951. The highest BCUT2D eigenvalue weighted by Gasteiger charge is 2.31. The number of ether oxygens (including phenoxy) is 1. The van der Waals surface area contributed by atoms with Crippen molar-refractivity contribution in [3.63, 3.8) is 0 Å². The Kier molecular flexibility index (Phi) is 5.66. The molecule has 1 amide bonds. The Bertz CT molecular complexity index is 561. The molecule has 2 rings (SSSR count). The lowest BCUT2D eigenvalue weighted by atomic mass is 10.1. The molecule has 1 aliphatic rings. The number of benzene rings is 1. The van der Waals surface area contributed by atoms with E-state index in [0.29, 0.717) is 42.2 Å². The highest BCUT2D eigenvalue weighted by Crippen LogP contribution is 2.27. The van der Waals surface area contributed by atoms with Crippen LogP contribution in [0.3, 0.4) is 0 Å². The third kappa shape index (κ3) is 4.13. The van der Waals surface area contributed by atoms with Crippen LogP contribution in [0.25, 0.3) is 0 Å². The molecule has 5 nitrogen and oxygen atoms in total. The average Bonchev–Trinajstić information content (AvgIpc) is 2.94. The second kappa shape index (κ2) is 7.49. The van der Waals surface area contributed by atoms with Crippen LogP contribution < -0.4 is 10.1 Å². The van der Waals surface area contributed by atoms with Crippen molar-refractivity contribution in [3.05, 3.63) is 28.8 Å². The van der Waals surface area contributed by atoms with E-state index < -0.39 is 5.97 Å². The van der Waals surface area contributed by atoms with Gasteiger partial charge in [0.25, 0.3) is 5.91 Å². The molecule has 2 N–H and O–H groups in total. The Balaban J connectivity index is 2.06. The fraction of sp³-hybridized carbons (Fsp3) is 0.500. The summed E-state index contributed by atoms with van der Waals surface area (Å²) in [5.41, 5.74) is 0.389. The van der Waals surface area contributed by atoms with Crippen LogP contribution in [0.5, 0.6) is 5.75 Å². The number of carboxylic acids is 1. The van der Waals surface area contributed by atoms with Crippen molar-refractivity contribution in [2.45, 2.75) is 38.6 Å². The van der Waals surface area contributed by atoms with Crippen molar-refractivity contribution in [1.82, 2.24) is 5.32 Å². The van der Waals surface area contributed by atoms with Gasteiger partial charge in [-0.3, -0.25) is 9.59 Å². The van der Waals surface area contributed by atoms with E-state index in [2.05, 4.69) is 5.32 Å². The topological polar surface area (TPSA) is 75.6 Å². The molecule has 0 spiro atoms. The largest absolute Gasteiger partial charge is 0.493 e. The van der Waals surface area contributed by atoms with Crippen LogP contribution in [-0.4, -0.2) is 29.6 Å². The van der Waals surface area contributed by atoms with Gasteiger partial charge in [-0.05, 0) is 43.9 Å². The number of nitrogens with one attached hydrogen (secondary N) is 1. The molecule has 0 heterocycles. The molecule has 0 aliphatic heterocycles. The predicted octanol–water partition coefficient (Wildman–Crippen LogP) is 3.11. The molecule has 1 fully saturated rings. The fourth-order valence-corrected chi connectivity index (χ4v) is 2.79. The molecule has 1 aromatic rings. The average molecular weight is 326 g/mol. The first kappa shape index (κ1) is 16.6. The lowest BCUT2D eigenvalue weighted by Crippen LogP contribution is -2.33. The summed E-state index contributed by atoms with van der Waals surface area (Å²) in [5, 5.41) is 12.4. The molecule has 1 aliphatic carbocycles. The summed E-state index contributed by atoms with van der Waals surface area (Å²) in [6.07, 6.45) is 2.57. The quantitative estimate of drug-likeness (QED) is 0.842. The molecular weight excluding hydrogens is 306 g/mol. The van der Waals surface area contributed by atoms with Crippen molar-refractivity contribution in [1.29, 1.82) is 0 Å². The molecule has 1 saturated carbocycles.